The topological polar surface area (TPSA) is 34.1 Å². The van der Waals surface area contributed by atoms with Gasteiger partial charge in [-0.25, -0.2) is 0 Å². The Kier molecular flexibility index (Phi) is 7.96. The summed E-state index contributed by atoms with van der Waals surface area (Å²) >= 11 is 0. The zero-order chi connectivity index (χ0) is 24.6. The number of rotatable bonds is 6. The Morgan fingerprint density at radius 1 is 0.412 bits per heavy atom. The molecule has 0 spiro atoms. The zero-order valence-corrected chi connectivity index (χ0v) is 20.4. The Hall–Kier alpha value is -3.78. The third kappa shape index (κ3) is 5.77. The highest BCUT2D eigenvalue weighted by Gasteiger charge is 2.31. The molecule has 0 aliphatic rings. The first-order valence-corrected chi connectivity index (χ1v) is 11.6. The summed E-state index contributed by atoms with van der Waals surface area (Å²) in [5.74, 6) is 0.314. The van der Waals surface area contributed by atoms with Crippen LogP contribution in [0.25, 0.3) is 0 Å². The first-order valence-electron chi connectivity index (χ1n) is 11.6. The molecular formula is C32H32O2. The lowest BCUT2D eigenvalue weighted by Gasteiger charge is -2.23. The Morgan fingerprint density at radius 2 is 0.647 bits per heavy atom. The quantitative estimate of drug-likeness (QED) is 0.283. The molecule has 4 rings (SSSR count). The smallest absolute Gasteiger partial charge is 0.172 e. The monoisotopic (exact) mass is 448 g/mol. The minimum Gasteiger partial charge on any atom is -0.293 e. The Balaban J connectivity index is 0.000000191. The van der Waals surface area contributed by atoms with E-state index in [2.05, 4.69) is 0 Å². The number of Topliss-reactive ketones (excluding diaryl/α,β-unsaturated/α-hetero) is 2. The lowest BCUT2D eigenvalue weighted by Crippen LogP contribution is -2.29. The SMILES string of the molecule is CC(C)(C(=O)c1ccccc1)c1ccccc1.CC(C)(C(=O)c1ccccc1)c1ccccc1. The van der Waals surface area contributed by atoms with E-state index < -0.39 is 10.8 Å². The number of benzene rings is 4. The molecule has 0 fully saturated rings. The molecule has 2 nitrogen and oxygen atoms in total. The largest absolute Gasteiger partial charge is 0.293 e. The highest BCUT2D eigenvalue weighted by atomic mass is 16.1. The van der Waals surface area contributed by atoms with Crippen molar-refractivity contribution >= 4 is 11.6 Å². The van der Waals surface area contributed by atoms with E-state index in [4.69, 9.17) is 0 Å². The number of hydrogen-bond donors (Lipinski definition) is 0. The summed E-state index contributed by atoms with van der Waals surface area (Å²) in [6, 6.07) is 38.7. The molecule has 172 valence electrons. The predicted octanol–water partition coefficient (Wildman–Crippen LogP) is 7.69. The highest BCUT2D eigenvalue weighted by molar-refractivity contribution is 6.04. The summed E-state index contributed by atoms with van der Waals surface area (Å²) in [6.45, 7) is 7.88. The summed E-state index contributed by atoms with van der Waals surface area (Å²) in [7, 11) is 0. The molecule has 0 amide bonds. The average Bonchev–Trinajstić information content (AvgIpc) is 2.90. The molecule has 2 heteroatoms. The molecule has 0 aromatic heterocycles. The summed E-state index contributed by atoms with van der Waals surface area (Å²) in [5.41, 5.74) is 2.66. The van der Waals surface area contributed by atoms with Crippen LogP contribution < -0.4 is 0 Å². The van der Waals surface area contributed by atoms with Gasteiger partial charge in [-0.05, 0) is 38.8 Å². The van der Waals surface area contributed by atoms with Crippen molar-refractivity contribution in [2.45, 2.75) is 38.5 Å². The second kappa shape index (κ2) is 10.9. The highest BCUT2D eigenvalue weighted by Crippen LogP contribution is 2.28. The van der Waals surface area contributed by atoms with Crippen molar-refractivity contribution in [1.82, 2.24) is 0 Å². The van der Waals surface area contributed by atoms with Crippen molar-refractivity contribution in [2.24, 2.45) is 0 Å². The van der Waals surface area contributed by atoms with Gasteiger partial charge in [-0.15, -0.1) is 0 Å². The van der Waals surface area contributed by atoms with Crippen LogP contribution in [0.2, 0.25) is 0 Å². The molecule has 4 aromatic carbocycles. The lowest BCUT2D eigenvalue weighted by atomic mass is 9.78. The zero-order valence-electron chi connectivity index (χ0n) is 20.4. The minimum atomic E-state index is -0.484. The van der Waals surface area contributed by atoms with Crippen molar-refractivity contribution in [3.05, 3.63) is 144 Å². The maximum absolute atomic E-state index is 12.5. The van der Waals surface area contributed by atoms with Gasteiger partial charge in [0.25, 0.3) is 0 Å². The maximum Gasteiger partial charge on any atom is 0.172 e. The van der Waals surface area contributed by atoms with E-state index >= 15 is 0 Å². The van der Waals surface area contributed by atoms with Gasteiger partial charge in [0.15, 0.2) is 11.6 Å². The van der Waals surface area contributed by atoms with E-state index in [9.17, 15) is 9.59 Å². The summed E-state index contributed by atoms with van der Waals surface area (Å²) in [6.07, 6.45) is 0. The second-order valence-corrected chi connectivity index (χ2v) is 9.37. The standard InChI is InChI=1S/2C16H16O/c2*1-16(2,14-11-7-4-8-12-14)15(17)13-9-5-3-6-10-13/h2*3-12H,1-2H3. The molecule has 0 saturated heterocycles. The van der Waals surface area contributed by atoms with Crippen LogP contribution in [0.4, 0.5) is 0 Å². The fraction of sp³-hybridized carbons (Fsp3) is 0.188. The van der Waals surface area contributed by atoms with Crippen molar-refractivity contribution in [1.29, 1.82) is 0 Å². The predicted molar refractivity (Wildman–Crippen MR) is 140 cm³/mol. The average molecular weight is 449 g/mol. The third-order valence-electron chi connectivity index (χ3n) is 6.20. The maximum atomic E-state index is 12.5. The van der Waals surface area contributed by atoms with Gasteiger partial charge in [0.05, 0.1) is 10.8 Å². The van der Waals surface area contributed by atoms with Crippen molar-refractivity contribution in [3.63, 3.8) is 0 Å². The van der Waals surface area contributed by atoms with E-state index in [1.165, 1.54) is 0 Å². The van der Waals surface area contributed by atoms with E-state index in [1.54, 1.807) is 0 Å². The molecule has 0 aliphatic carbocycles. The Bertz CT molecular complexity index is 1090. The van der Waals surface area contributed by atoms with Gasteiger partial charge in [-0.2, -0.15) is 0 Å². The van der Waals surface area contributed by atoms with E-state index in [0.717, 1.165) is 22.3 Å². The first kappa shape index (κ1) is 24.9. The van der Waals surface area contributed by atoms with Gasteiger partial charge in [0.2, 0.25) is 0 Å². The van der Waals surface area contributed by atoms with Gasteiger partial charge >= 0.3 is 0 Å². The fourth-order valence-electron chi connectivity index (χ4n) is 3.87. The molecule has 0 N–H and O–H groups in total. The van der Waals surface area contributed by atoms with E-state index in [0.29, 0.717) is 0 Å². The van der Waals surface area contributed by atoms with Gasteiger partial charge < -0.3 is 0 Å². The molecule has 0 atom stereocenters. The van der Waals surface area contributed by atoms with Gasteiger partial charge in [0.1, 0.15) is 0 Å². The molecule has 0 unspecified atom stereocenters. The molecule has 0 radical (unpaired) electrons. The van der Waals surface area contributed by atoms with Crippen molar-refractivity contribution in [3.8, 4) is 0 Å². The van der Waals surface area contributed by atoms with Gasteiger partial charge in [-0.1, -0.05) is 121 Å². The number of carbonyl (C=O) groups is 2. The number of ketones is 2. The molecule has 0 bridgehead atoms. The van der Waals surface area contributed by atoms with Crippen LogP contribution in [0.3, 0.4) is 0 Å². The van der Waals surface area contributed by atoms with Crippen LogP contribution >= 0.6 is 0 Å². The third-order valence-corrected chi connectivity index (χ3v) is 6.20. The fourth-order valence-corrected chi connectivity index (χ4v) is 3.87. The van der Waals surface area contributed by atoms with E-state index in [1.807, 2.05) is 149 Å². The summed E-state index contributed by atoms with van der Waals surface area (Å²) < 4.78 is 0. The summed E-state index contributed by atoms with van der Waals surface area (Å²) in [4.78, 5) is 24.9. The summed E-state index contributed by atoms with van der Waals surface area (Å²) in [5, 5.41) is 0. The van der Waals surface area contributed by atoms with Crippen LogP contribution in [0, 0.1) is 0 Å². The van der Waals surface area contributed by atoms with Crippen molar-refractivity contribution in [2.75, 3.05) is 0 Å². The normalized spacial score (nSPS) is 11.2. The Morgan fingerprint density at radius 3 is 0.912 bits per heavy atom. The second-order valence-electron chi connectivity index (χ2n) is 9.37. The number of carbonyl (C=O) groups excluding carboxylic acids is 2. The van der Waals surface area contributed by atoms with Gasteiger partial charge in [-0.3, -0.25) is 9.59 Å². The van der Waals surface area contributed by atoms with Crippen LogP contribution in [0.5, 0.6) is 0 Å². The van der Waals surface area contributed by atoms with E-state index in [-0.39, 0.29) is 11.6 Å². The Labute approximate surface area is 203 Å². The van der Waals surface area contributed by atoms with Crippen LogP contribution in [-0.4, -0.2) is 11.6 Å². The molecule has 4 aromatic rings. The van der Waals surface area contributed by atoms with Crippen LogP contribution in [-0.2, 0) is 10.8 Å². The molecule has 0 heterocycles. The van der Waals surface area contributed by atoms with Crippen molar-refractivity contribution < 1.29 is 9.59 Å². The molecular weight excluding hydrogens is 416 g/mol. The minimum absolute atomic E-state index is 0.157. The first-order chi connectivity index (χ1) is 16.2. The molecule has 0 saturated carbocycles. The van der Waals surface area contributed by atoms with Crippen LogP contribution in [0.15, 0.2) is 121 Å². The molecule has 34 heavy (non-hydrogen) atoms. The van der Waals surface area contributed by atoms with Gasteiger partial charge in [0, 0.05) is 11.1 Å². The number of hydrogen-bond acceptors (Lipinski definition) is 2. The molecule has 0 aliphatic heterocycles. The van der Waals surface area contributed by atoms with Crippen LogP contribution in [0.1, 0.15) is 59.5 Å². The lowest BCUT2D eigenvalue weighted by molar-refractivity contribution is 0.0902.